The van der Waals surface area contributed by atoms with Crippen molar-refractivity contribution in [2.24, 2.45) is 0 Å². The summed E-state index contributed by atoms with van der Waals surface area (Å²) >= 11 is 0. The third-order valence-corrected chi connectivity index (χ3v) is 11.2. The molecule has 6 heterocycles. The molecule has 0 saturated heterocycles. The van der Waals surface area contributed by atoms with E-state index < -0.39 is 0 Å². The Morgan fingerprint density at radius 3 is 1.55 bits per heavy atom. The SMILES string of the molecule is c1ccc(-c2cccc(-c3nc(-c4cccc(-c5ccccn5)c4)nc(-n4c5ccccc5c5c4ccc4cc6c7ccccc7c7ccccc7n6c45)n3)c2)nc1. The van der Waals surface area contributed by atoms with Gasteiger partial charge in [-0.1, -0.05) is 115 Å². The number of benzene rings is 6. The predicted molar refractivity (Wildman–Crippen MR) is 235 cm³/mol. The van der Waals surface area contributed by atoms with Gasteiger partial charge in [0.15, 0.2) is 11.6 Å². The van der Waals surface area contributed by atoms with Crippen LogP contribution in [0.4, 0.5) is 0 Å². The van der Waals surface area contributed by atoms with Gasteiger partial charge in [0.2, 0.25) is 5.95 Å². The third-order valence-electron chi connectivity index (χ3n) is 11.2. The van der Waals surface area contributed by atoms with Crippen LogP contribution in [0.25, 0.3) is 111 Å². The molecule has 0 aliphatic rings. The lowest BCUT2D eigenvalue weighted by atomic mass is 10.1. The molecular weight excluding hydrogens is 711 g/mol. The molecule has 0 radical (unpaired) electrons. The molecule has 0 bridgehead atoms. The van der Waals surface area contributed by atoms with Gasteiger partial charge in [0, 0.05) is 61.6 Å². The van der Waals surface area contributed by atoms with Gasteiger partial charge in [0.25, 0.3) is 0 Å². The molecule has 58 heavy (non-hydrogen) atoms. The highest BCUT2D eigenvalue weighted by atomic mass is 15.2. The number of nitrogens with zero attached hydrogens (tertiary/aromatic N) is 7. The molecule has 6 aromatic carbocycles. The van der Waals surface area contributed by atoms with Crippen molar-refractivity contribution in [1.29, 1.82) is 0 Å². The van der Waals surface area contributed by atoms with Crippen molar-refractivity contribution in [2.45, 2.75) is 0 Å². The van der Waals surface area contributed by atoms with Gasteiger partial charge in [0.05, 0.1) is 39.0 Å². The van der Waals surface area contributed by atoms with Gasteiger partial charge in [-0.2, -0.15) is 9.97 Å². The average molecular weight is 742 g/mol. The van der Waals surface area contributed by atoms with Crippen molar-refractivity contribution >= 4 is 59.9 Å². The molecule has 0 saturated carbocycles. The monoisotopic (exact) mass is 741 g/mol. The third kappa shape index (κ3) is 4.97. The predicted octanol–water partition coefficient (Wildman–Crippen LogP) is 12.1. The molecule has 270 valence electrons. The Kier molecular flexibility index (Phi) is 7.09. The van der Waals surface area contributed by atoms with Gasteiger partial charge in [-0.3, -0.25) is 14.5 Å². The van der Waals surface area contributed by atoms with Crippen molar-refractivity contribution in [3.63, 3.8) is 0 Å². The van der Waals surface area contributed by atoms with E-state index in [2.05, 4.69) is 146 Å². The molecule has 7 heteroatoms. The van der Waals surface area contributed by atoms with Crippen LogP contribution in [0.3, 0.4) is 0 Å². The van der Waals surface area contributed by atoms with E-state index in [1.165, 1.54) is 32.6 Å². The van der Waals surface area contributed by atoms with Crippen LogP contribution in [0.5, 0.6) is 0 Å². The highest BCUT2D eigenvalue weighted by Crippen LogP contribution is 2.41. The summed E-state index contributed by atoms with van der Waals surface area (Å²) in [6.45, 7) is 0. The molecule has 0 unspecified atom stereocenters. The first kappa shape index (κ1) is 32.2. The van der Waals surface area contributed by atoms with Gasteiger partial charge in [0.1, 0.15) is 0 Å². The van der Waals surface area contributed by atoms with Gasteiger partial charge in [-0.05, 0) is 66.0 Å². The zero-order valence-electron chi connectivity index (χ0n) is 31.0. The Morgan fingerprint density at radius 2 is 0.914 bits per heavy atom. The van der Waals surface area contributed by atoms with Gasteiger partial charge < -0.3 is 4.40 Å². The Balaban J connectivity index is 1.16. The standard InChI is InChI=1S/C51H31N7/c1-2-19-39-37(17-1)38-18-3-5-23-43(38)57-46(39)31-34-25-26-45-47(48(34)57)40-20-4-6-24-44(40)58(45)51-55-49(35-15-11-13-32(29-35)41-21-7-9-27-52-41)54-50(56-51)36-16-12-14-33(30-36)42-22-8-10-28-53-42/h1-31H. The molecule has 7 nitrogen and oxygen atoms in total. The van der Waals surface area contributed by atoms with E-state index in [1.807, 2.05) is 60.9 Å². The number of rotatable bonds is 5. The van der Waals surface area contributed by atoms with E-state index in [-0.39, 0.29) is 0 Å². The molecule has 0 aliphatic carbocycles. The zero-order valence-corrected chi connectivity index (χ0v) is 31.0. The maximum absolute atomic E-state index is 5.31. The van der Waals surface area contributed by atoms with Crippen molar-refractivity contribution in [2.75, 3.05) is 0 Å². The lowest BCUT2D eigenvalue weighted by Gasteiger charge is -2.12. The normalized spacial score (nSPS) is 11.8. The Morgan fingerprint density at radius 1 is 0.362 bits per heavy atom. The fourth-order valence-electron chi connectivity index (χ4n) is 8.67. The first-order valence-corrected chi connectivity index (χ1v) is 19.3. The second kappa shape index (κ2) is 12.8. The Bertz CT molecular complexity index is 3470. The smallest absolute Gasteiger partial charge is 0.238 e. The summed E-state index contributed by atoms with van der Waals surface area (Å²) in [6.07, 6.45) is 3.63. The zero-order chi connectivity index (χ0) is 38.2. The van der Waals surface area contributed by atoms with E-state index in [9.17, 15) is 0 Å². The molecule has 0 N–H and O–H groups in total. The average Bonchev–Trinajstić information content (AvgIpc) is 3.86. The number of hydrogen-bond acceptors (Lipinski definition) is 5. The summed E-state index contributed by atoms with van der Waals surface area (Å²) in [6, 6.07) is 61.2. The molecule has 0 aliphatic heterocycles. The van der Waals surface area contributed by atoms with Gasteiger partial charge >= 0.3 is 0 Å². The minimum absolute atomic E-state index is 0.535. The Hall–Kier alpha value is -8.03. The molecular formula is C51H31N7. The van der Waals surface area contributed by atoms with Crippen molar-refractivity contribution in [1.82, 2.24) is 33.9 Å². The summed E-state index contributed by atoms with van der Waals surface area (Å²) in [4.78, 5) is 25.1. The number of para-hydroxylation sites is 2. The summed E-state index contributed by atoms with van der Waals surface area (Å²) in [7, 11) is 0. The quantitative estimate of drug-likeness (QED) is 0.164. The number of hydrogen-bond donors (Lipinski definition) is 0. The number of aromatic nitrogens is 7. The van der Waals surface area contributed by atoms with Crippen molar-refractivity contribution < 1.29 is 0 Å². The molecule has 12 rings (SSSR count). The fraction of sp³-hybridized carbons (Fsp3) is 0. The van der Waals surface area contributed by atoms with Crippen molar-refractivity contribution in [3.05, 3.63) is 188 Å². The summed E-state index contributed by atoms with van der Waals surface area (Å²) in [5.74, 6) is 1.67. The summed E-state index contributed by atoms with van der Waals surface area (Å²) in [5, 5.41) is 7.13. The van der Waals surface area contributed by atoms with Gasteiger partial charge in [-0.15, -0.1) is 0 Å². The van der Waals surface area contributed by atoms with Crippen LogP contribution in [-0.4, -0.2) is 33.9 Å². The minimum atomic E-state index is 0.535. The lowest BCUT2D eigenvalue weighted by Crippen LogP contribution is -2.06. The Labute approximate surface area is 332 Å². The van der Waals surface area contributed by atoms with E-state index >= 15 is 0 Å². The topological polar surface area (TPSA) is 73.8 Å². The molecule has 0 atom stereocenters. The number of fused-ring (bicyclic) bond motifs is 12. The van der Waals surface area contributed by atoms with E-state index in [0.29, 0.717) is 17.6 Å². The second-order valence-corrected chi connectivity index (χ2v) is 14.6. The first-order valence-electron chi connectivity index (χ1n) is 19.3. The largest absolute Gasteiger partial charge is 0.308 e. The summed E-state index contributed by atoms with van der Waals surface area (Å²) < 4.78 is 4.65. The molecule has 0 fully saturated rings. The van der Waals surface area contributed by atoms with E-state index in [1.54, 1.807) is 0 Å². The minimum Gasteiger partial charge on any atom is -0.308 e. The van der Waals surface area contributed by atoms with Crippen LogP contribution < -0.4 is 0 Å². The summed E-state index contributed by atoms with van der Waals surface area (Å²) in [5.41, 5.74) is 11.0. The van der Waals surface area contributed by atoms with Crippen LogP contribution in [0, 0.1) is 0 Å². The van der Waals surface area contributed by atoms with Crippen molar-refractivity contribution in [3.8, 4) is 51.2 Å². The van der Waals surface area contributed by atoms with Crippen LogP contribution in [0.15, 0.2) is 188 Å². The van der Waals surface area contributed by atoms with Crippen LogP contribution in [0.2, 0.25) is 0 Å². The fourth-order valence-corrected chi connectivity index (χ4v) is 8.67. The number of pyridine rings is 3. The lowest BCUT2D eigenvalue weighted by molar-refractivity contribution is 0.953. The molecule has 6 aromatic heterocycles. The molecule has 12 aromatic rings. The van der Waals surface area contributed by atoms with E-state index in [4.69, 9.17) is 15.0 Å². The molecule has 0 amide bonds. The first-order chi connectivity index (χ1) is 28.8. The van der Waals surface area contributed by atoms with Crippen LogP contribution in [-0.2, 0) is 0 Å². The maximum atomic E-state index is 5.31. The van der Waals surface area contributed by atoms with Crippen LogP contribution >= 0.6 is 0 Å². The van der Waals surface area contributed by atoms with Crippen LogP contribution in [0.1, 0.15) is 0 Å². The maximum Gasteiger partial charge on any atom is 0.238 e. The second-order valence-electron chi connectivity index (χ2n) is 14.6. The highest BCUT2D eigenvalue weighted by Gasteiger charge is 2.22. The van der Waals surface area contributed by atoms with Gasteiger partial charge in [-0.25, -0.2) is 4.98 Å². The highest BCUT2D eigenvalue weighted by molar-refractivity contribution is 6.24. The van der Waals surface area contributed by atoms with E-state index in [0.717, 1.165) is 61.0 Å². The molecule has 0 spiro atoms.